The summed E-state index contributed by atoms with van der Waals surface area (Å²) in [7, 11) is -3.22. The van der Waals surface area contributed by atoms with Crippen molar-refractivity contribution in [2.45, 2.75) is 6.42 Å². The molecule has 1 amide bonds. The average Bonchev–Trinajstić information content (AvgIpc) is 2.88. The molecule has 23 heavy (non-hydrogen) atoms. The minimum Gasteiger partial charge on any atom is -0.328 e. The lowest BCUT2D eigenvalue weighted by molar-refractivity contribution is 0.102. The fourth-order valence-electron chi connectivity index (χ4n) is 2.44. The Kier molecular flexibility index (Phi) is 3.91. The second-order valence-electron chi connectivity index (χ2n) is 5.16. The highest BCUT2D eigenvalue weighted by Gasteiger charge is 2.28. The van der Waals surface area contributed by atoms with Gasteiger partial charge < -0.3 is 10.3 Å². The number of rotatable bonds is 3. The Morgan fingerprint density at radius 1 is 1.17 bits per heavy atom. The molecule has 0 unspecified atom stereocenters. The van der Waals surface area contributed by atoms with E-state index in [1.165, 1.54) is 16.6 Å². The Morgan fingerprint density at radius 3 is 2.52 bits per heavy atom. The molecule has 1 fully saturated rings. The van der Waals surface area contributed by atoms with Crippen molar-refractivity contribution in [1.82, 2.24) is 4.98 Å². The molecule has 0 saturated carbocycles. The van der Waals surface area contributed by atoms with Gasteiger partial charge in [0, 0.05) is 18.4 Å². The number of hydrogen-bond acceptors (Lipinski definition) is 4. The predicted molar refractivity (Wildman–Crippen MR) is 87.2 cm³/mol. The fourth-order valence-corrected chi connectivity index (χ4v) is 4.00. The van der Waals surface area contributed by atoms with E-state index in [9.17, 15) is 18.0 Å². The van der Waals surface area contributed by atoms with Gasteiger partial charge in [0.25, 0.3) is 11.5 Å². The van der Waals surface area contributed by atoms with Gasteiger partial charge in [0.2, 0.25) is 10.0 Å². The molecular weight excluding hydrogens is 318 g/mol. The van der Waals surface area contributed by atoms with Crippen LogP contribution in [0.1, 0.15) is 16.8 Å². The Morgan fingerprint density at radius 2 is 1.91 bits per heavy atom. The summed E-state index contributed by atoms with van der Waals surface area (Å²) in [6.07, 6.45) is 2.06. The van der Waals surface area contributed by atoms with Crippen LogP contribution in [-0.4, -0.2) is 31.6 Å². The van der Waals surface area contributed by atoms with Crippen LogP contribution >= 0.6 is 0 Å². The van der Waals surface area contributed by atoms with E-state index in [-0.39, 0.29) is 11.3 Å². The number of carbonyl (C=O) groups excluding carboxylic acids is 1. The van der Waals surface area contributed by atoms with Crippen molar-refractivity contribution in [2.75, 3.05) is 21.9 Å². The number of carbonyl (C=O) groups is 1. The number of pyridine rings is 1. The van der Waals surface area contributed by atoms with Gasteiger partial charge in [-0.2, -0.15) is 0 Å². The minimum absolute atomic E-state index is 0.0127. The van der Waals surface area contributed by atoms with Crippen molar-refractivity contribution < 1.29 is 13.2 Å². The van der Waals surface area contributed by atoms with Gasteiger partial charge in [-0.1, -0.05) is 0 Å². The highest BCUT2D eigenvalue weighted by molar-refractivity contribution is 7.93. The quantitative estimate of drug-likeness (QED) is 0.880. The topological polar surface area (TPSA) is 99.3 Å². The lowest BCUT2D eigenvalue weighted by atomic mass is 10.2. The van der Waals surface area contributed by atoms with Crippen LogP contribution in [-0.2, 0) is 10.0 Å². The molecular formula is C15H15N3O4S. The number of hydrogen-bond donors (Lipinski definition) is 2. The molecule has 1 aliphatic rings. The molecule has 0 radical (unpaired) electrons. The number of aromatic nitrogens is 1. The largest absolute Gasteiger partial charge is 0.328 e. The van der Waals surface area contributed by atoms with Crippen LogP contribution < -0.4 is 15.2 Å². The van der Waals surface area contributed by atoms with Crippen LogP contribution in [0.15, 0.2) is 47.4 Å². The van der Waals surface area contributed by atoms with Gasteiger partial charge in [0.05, 0.1) is 11.4 Å². The van der Waals surface area contributed by atoms with Crippen molar-refractivity contribution >= 4 is 27.3 Å². The molecule has 0 spiro atoms. The fraction of sp³-hybridized carbons (Fsp3) is 0.200. The van der Waals surface area contributed by atoms with Crippen molar-refractivity contribution in [3.8, 4) is 0 Å². The first-order valence-corrected chi connectivity index (χ1v) is 8.68. The molecule has 8 heteroatoms. The van der Waals surface area contributed by atoms with E-state index in [0.717, 1.165) is 0 Å². The number of H-pyrrole nitrogens is 1. The van der Waals surface area contributed by atoms with Gasteiger partial charge in [0.15, 0.2) is 0 Å². The Hall–Kier alpha value is -2.61. The first-order chi connectivity index (χ1) is 11.0. The number of aromatic amines is 1. The van der Waals surface area contributed by atoms with E-state index in [1.54, 1.807) is 30.3 Å². The summed E-state index contributed by atoms with van der Waals surface area (Å²) < 4.78 is 25.1. The maximum absolute atomic E-state index is 12.0. The van der Waals surface area contributed by atoms with Gasteiger partial charge in [-0.3, -0.25) is 13.9 Å². The zero-order chi connectivity index (χ0) is 16.4. The molecule has 0 bridgehead atoms. The summed E-state index contributed by atoms with van der Waals surface area (Å²) in [5, 5.41) is 2.61. The van der Waals surface area contributed by atoms with Crippen LogP contribution in [0.5, 0.6) is 0 Å². The number of benzene rings is 1. The summed E-state index contributed by atoms with van der Waals surface area (Å²) in [6, 6.07) is 9.48. The Labute approximate surface area is 133 Å². The van der Waals surface area contributed by atoms with Gasteiger partial charge in [-0.15, -0.1) is 0 Å². The van der Waals surface area contributed by atoms with Crippen LogP contribution in [0.4, 0.5) is 11.4 Å². The first kappa shape index (κ1) is 15.3. The molecule has 1 saturated heterocycles. The van der Waals surface area contributed by atoms with Crippen LogP contribution in [0, 0.1) is 0 Å². The normalized spacial score (nSPS) is 16.3. The molecule has 0 aliphatic carbocycles. The molecule has 2 aromatic rings. The smallest absolute Gasteiger partial charge is 0.261 e. The third-order valence-electron chi connectivity index (χ3n) is 3.58. The standard InChI is InChI=1S/C15H15N3O4S/c19-14-13(3-1-8-16-14)15(20)17-11-4-6-12(7-5-11)18-9-2-10-23(18,21)22/h1,3-8H,2,9-10H2,(H,16,19)(H,17,20). The van der Waals surface area contributed by atoms with Crippen LogP contribution in [0.25, 0.3) is 0 Å². The molecule has 2 N–H and O–H groups in total. The zero-order valence-electron chi connectivity index (χ0n) is 12.2. The molecule has 1 aliphatic heterocycles. The van der Waals surface area contributed by atoms with E-state index in [0.29, 0.717) is 24.3 Å². The number of amides is 1. The van der Waals surface area contributed by atoms with E-state index in [2.05, 4.69) is 10.3 Å². The van der Waals surface area contributed by atoms with Crippen LogP contribution in [0.2, 0.25) is 0 Å². The van der Waals surface area contributed by atoms with Gasteiger partial charge in [-0.05, 0) is 42.8 Å². The summed E-state index contributed by atoms with van der Waals surface area (Å²) in [4.78, 5) is 26.0. The Balaban J connectivity index is 1.77. The maximum atomic E-state index is 12.0. The summed E-state index contributed by atoms with van der Waals surface area (Å²) in [5.41, 5.74) is 0.597. The van der Waals surface area contributed by atoms with Gasteiger partial charge in [-0.25, -0.2) is 8.42 Å². The molecule has 1 aromatic carbocycles. The van der Waals surface area contributed by atoms with E-state index in [1.807, 2.05) is 0 Å². The molecule has 2 heterocycles. The molecule has 7 nitrogen and oxygen atoms in total. The van der Waals surface area contributed by atoms with Crippen LogP contribution in [0.3, 0.4) is 0 Å². The van der Waals surface area contributed by atoms with Crippen molar-refractivity contribution in [2.24, 2.45) is 0 Å². The third-order valence-corrected chi connectivity index (χ3v) is 5.44. The molecule has 120 valence electrons. The zero-order valence-corrected chi connectivity index (χ0v) is 13.0. The SMILES string of the molecule is O=C(Nc1ccc(N2CCCS2(=O)=O)cc1)c1ccc[nH]c1=O. The number of sulfonamides is 1. The van der Waals surface area contributed by atoms with E-state index >= 15 is 0 Å². The number of anilines is 2. The van der Waals surface area contributed by atoms with Crippen molar-refractivity contribution in [3.63, 3.8) is 0 Å². The third kappa shape index (κ3) is 3.11. The first-order valence-electron chi connectivity index (χ1n) is 7.07. The maximum Gasteiger partial charge on any atom is 0.261 e. The number of nitrogens with one attached hydrogen (secondary N) is 2. The Bertz CT molecular complexity index is 887. The van der Waals surface area contributed by atoms with Gasteiger partial charge >= 0.3 is 0 Å². The van der Waals surface area contributed by atoms with E-state index in [4.69, 9.17) is 0 Å². The number of nitrogens with zero attached hydrogens (tertiary/aromatic N) is 1. The second-order valence-corrected chi connectivity index (χ2v) is 7.17. The highest BCUT2D eigenvalue weighted by atomic mass is 32.2. The predicted octanol–water partition coefficient (Wildman–Crippen LogP) is 1.17. The minimum atomic E-state index is -3.22. The molecule has 3 rings (SSSR count). The summed E-state index contributed by atoms with van der Waals surface area (Å²) >= 11 is 0. The lowest BCUT2D eigenvalue weighted by Gasteiger charge is -2.17. The van der Waals surface area contributed by atoms with Crippen molar-refractivity contribution in [3.05, 3.63) is 58.5 Å². The summed E-state index contributed by atoms with van der Waals surface area (Å²) in [5.74, 6) is -0.365. The highest BCUT2D eigenvalue weighted by Crippen LogP contribution is 2.25. The second kappa shape index (κ2) is 5.88. The van der Waals surface area contributed by atoms with Gasteiger partial charge in [0.1, 0.15) is 5.56 Å². The summed E-state index contributed by atoms with van der Waals surface area (Å²) in [6.45, 7) is 0.466. The van der Waals surface area contributed by atoms with Crippen molar-refractivity contribution in [1.29, 1.82) is 0 Å². The monoisotopic (exact) mass is 333 g/mol. The molecule has 1 aromatic heterocycles. The average molecular weight is 333 g/mol. The molecule has 0 atom stereocenters. The van der Waals surface area contributed by atoms with E-state index < -0.39 is 21.5 Å². The lowest BCUT2D eigenvalue weighted by Crippen LogP contribution is -2.25.